The first-order valence-corrected chi connectivity index (χ1v) is 23.3. The second-order valence-corrected chi connectivity index (χ2v) is 14.7. The van der Waals surface area contributed by atoms with E-state index in [0.717, 1.165) is 95.4 Å². The lowest BCUT2D eigenvalue weighted by Crippen LogP contribution is -2.35. The average Bonchev–Trinajstić information content (AvgIpc) is 3.30. The van der Waals surface area contributed by atoms with E-state index in [-0.39, 0.29) is 61.4 Å². The number of rotatable bonds is 22. The molecular formula is C47H70Cl4N4O7. The summed E-state index contributed by atoms with van der Waals surface area (Å²) in [5, 5.41) is 0. The number of aryl methyl sites for hydroxylation is 6. The van der Waals surface area contributed by atoms with E-state index in [2.05, 4.69) is 59.4 Å². The molecule has 0 atom stereocenters. The molecule has 0 aliphatic rings. The number of nitrogens with zero attached hydrogens (tertiary/aromatic N) is 3. The molecule has 0 heterocycles. The lowest BCUT2D eigenvalue weighted by atomic mass is 10.0. The van der Waals surface area contributed by atoms with Crippen molar-refractivity contribution in [1.82, 2.24) is 0 Å². The molecule has 0 saturated carbocycles. The number of alkyl halides is 4. The molecule has 348 valence electrons. The Bertz CT molecular complexity index is 1720. The Balaban J connectivity index is 0.000000854. The van der Waals surface area contributed by atoms with Gasteiger partial charge in [-0.15, -0.1) is 46.4 Å². The van der Waals surface area contributed by atoms with Crippen molar-refractivity contribution in [2.75, 3.05) is 78.7 Å². The van der Waals surface area contributed by atoms with Crippen LogP contribution in [0.4, 0.5) is 17.1 Å². The number of para-hydroxylation sites is 3. The molecule has 0 fully saturated rings. The second kappa shape index (κ2) is 35.0. The number of nitrogens with two attached hydrogens (primary N) is 1. The molecule has 2 N–H and O–H groups in total. The summed E-state index contributed by atoms with van der Waals surface area (Å²) in [6, 6.07) is 18.3. The number of amides is 4. The molecule has 0 spiro atoms. The molecule has 3 rings (SSSR count). The maximum Gasteiger partial charge on any atom is 0.243 e. The highest BCUT2D eigenvalue weighted by Crippen LogP contribution is 2.29. The summed E-state index contributed by atoms with van der Waals surface area (Å²) in [4.78, 5) is 50.5. The van der Waals surface area contributed by atoms with E-state index in [1.165, 1.54) is 0 Å². The minimum atomic E-state index is -0.480. The van der Waals surface area contributed by atoms with E-state index in [1.807, 2.05) is 56.3 Å². The van der Waals surface area contributed by atoms with Gasteiger partial charge in [-0.3, -0.25) is 33.9 Å². The van der Waals surface area contributed by atoms with Gasteiger partial charge < -0.3 is 19.9 Å². The second-order valence-electron chi connectivity index (χ2n) is 13.6. The topological polar surface area (TPSA) is 132 Å². The molecular weight excluding hydrogens is 874 g/mol. The number of methoxy groups -OCH3 is 1. The number of benzene rings is 3. The Morgan fingerprint density at radius 1 is 0.532 bits per heavy atom. The predicted molar refractivity (Wildman–Crippen MR) is 260 cm³/mol. The van der Waals surface area contributed by atoms with Crippen LogP contribution in [-0.2, 0) is 65.5 Å². The number of carbonyl (C=O) groups excluding carboxylic acids is 4. The van der Waals surface area contributed by atoms with Crippen molar-refractivity contribution in [3.05, 3.63) is 88.0 Å². The Kier molecular flexibility index (Phi) is 33.1. The van der Waals surface area contributed by atoms with Gasteiger partial charge in [0.2, 0.25) is 23.6 Å². The zero-order chi connectivity index (χ0) is 47.0. The Hall–Kier alpha value is -3.42. The normalized spacial score (nSPS) is 10.3. The summed E-state index contributed by atoms with van der Waals surface area (Å²) in [5.41, 5.74) is 14.2. The van der Waals surface area contributed by atoms with E-state index in [4.69, 9.17) is 60.6 Å². The van der Waals surface area contributed by atoms with Crippen LogP contribution in [0.3, 0.4) is 0 Å². The van der Waals surface area contributed by atoms with Crippen molar-refractivity contribution in [3.8, 4) is 0 Å². The Labute approximate surface area is 391 Å². The molecule has 0 radical (unpaired) electrons. The molecule has 0 aromatic heterocycles. The van der Waals surface area contributed by atoms with Crippen LogP contribution in [0.1, 0.15) is 94.7 Å². The molecule has 0 unspecified atom stereocenters. The van der Waals surface area contributed by atoms with Crippen LogP contribution in [0.5, 0.6) is 0 Å². The SMILES string of the molecule is CCCCOCN(C(=O)CCl)c1c(CC)cccc1CC.CCOCN(C(=O)CCl)c1c(C)cccc1CC.CCc1cccc(CC)c1N(COC)C(=O)CCl.NC(=O)CCl. The Morgan fingerprint density at radius 3 is 1.19 bits per heavy atom. The molecule has 62 heavy (non-hydrogen) atoms. The fourth-order valence-corrected chi connectivity index (χ4v) is 6.66. The van der Waals surface area contributed by atoms with Crippen molar-refractivity contribution < 1.29 is 33.4 Å². The number of hydrogen-bond donors (Lipinski definition) is 1. The smallest absolute Gasteiger partial charge is 0.243 e. The van der Waals surface area contributed by atoms with E-state index in [0.29, 0.717) is 13.2 Å². The van der Waals surface area contributed by atoms with Gasteiger partial charge in [-0.25, -0.2) is 0 Å². The number of anilines is 3. The van der Waals surface area contributed by atoms with Gasteiger partial charge in [0.1, 0.15) is 43.7 Å². The molecule has 3 aromatic carbocycles. The van der Waals surface area contributed by atoms with Gasteiger partial charge in [0.25, 0.3) is 0 Å². The summed E-state index contributed by atoms with van der Waals surface area (Å²) in [7, 11) is 1.58. The van der Waals surface area contributed by atoms with Gasteiger partial charge >= 0.3 is 0 Å². The minimum Gasteiger partial charge on any atom is -0.369 e. The largest absolute Gasteiger partial charge is 0.369 e. The highest BCUT2D eigenvalue weighted by atomic mass is 35.5. The third kappa shape index (κ3) is 20.0. The van der Waals surface area contributed by atoms with E-state index < -0.39 is 5.91 Å². The summed E-state index contributed by atoms with van der Waals surface area (Å²) in [6.45, 7) is 18.4. The molecule has 11 nitrogen and oxygen atoms in total. The van der Waals surface area contributed by atoms with Crippen LogP contribution in [0.25, 0.3) is 0 Å². The zero-order valence-corrected chi connectivity index (χ0v) is 41.3. The van der Waals surface area contributed by atoms with Gasteiger partial charge in [-0.2, -0.15) is 0 Å². The molecule has 0 saturated heterocycles. The first kappa shape index (κ1) is 58.6. The van der Waals surface area contributed by atoms with E-state index in [9.17, 15) is 19.2 Å². The van der Waals surface area contributed by atoms with Crippen molar-refractivity contribution >= 4 is 87.1 Å². The monoisotopic (exact) mass is 942 g/mol. The first-order valence-electron chi connectivity index (χ1n) is 21.2. The van der Waals surface area contributed by atoms with Crippen molar-refractivity contribution in [3.63, 3.8) is 0 Å². The van der Waals surface area contributed by atoms with Gasteiger partial charge in [-0.05, 0) is 85.8 Å². The molecule has 0 aliphatic heterocycles. The minimum absolute atomic E-state index is 0.0294. The highest BCUT2D eigenvalue weighted by Gasteiger charge is 2.22. The maximum atomic E-state index is 12.2. The van der Waals surface area contributed by atoms with Crippen LogP contribution in [0.15, 0.2) is 54.6 Å². The summed E-state index contributed by atoms with van der Waals surface area (Å²) < 4.78 is 16.2. The molecule has 15 heteroatoms. The van der Waals surface area contributed by atoms with Gasteiger partial charge in [0, 0.05) is 20.3 Å². The van der Waals surface area contributed by atoms with Gasteiger partial charge in [0.05, 0.1) is 17.1 Å². The number of unbranched alkanes of at least 4 members (excludes halogenated alkanes) is 1. The van der Waals surface area contributed by atoms with Crippen LogP contribution in [0.2, 0.25) is 0 Å². The Morgan fingerprint density at radius 2 is 0.871 bits per heavy atom. The predicted octanol–water partition coefficient (Wildman–Crippen LogP) is 9.98. The van der Waals surface area contributed by atoms with Gasteiger partial charge in [0.15, 0.2) is 0 Å². The lowest BCUT2D eigenvalue weighted by Gasteiger charge is -2.26. The first-order chi connectivity index (χ1) is 29.8. The van der Waals surface area contributed by atoms with Crippen LogP contribution in [-0.4, -0.2) is 87.7 Å². The molecule has 0 bridgehead atoms. The molecule has 4 amide bonds. The number of ether oxygens (including phenoxy) is 3. The molecule has 0 aliphatic carbocycles. The lowest BCUT2D eigenvalue weighted by molar-refractivity contribution is -0.118. The maximum absolute atomic E-state index is 12.2. The fourth-order valence-electron chi connectivity index (χ4n) is 6.23. The van der Waals surface area contributed by atoms with E-state index in [1.54, 1.807) is 21.8 Å². The number of hydrogen-bond acceptors (Lipinski definition) is 7. The van der Waals surface area contributed by atoms with Crippen molar-refractivity contribution in [2.45, 2.75) is 100 Å². The third-order valence-electron chi connectivity index (χ3n) is 9.37. The van der Waals surface area contributed by atoms with Crippen LogP contribution < -0.4 is 20.4 Å². The molecule has 3 aromatic rings. The third-order valence-corrected chi connectivity index (χ3v) is 10.3. The van der Waals surface area contributed by atoms with E-state index >= 15 is 0 Å². The van der Waals surface area contributed by atoms with Crippen LogP contribution in [0, 0.1) is 6.92 Å². The quantitative estimate of drug-likeness (QED) is 0.0603. The van der Waals surface area contributed by atoms with Crippen molar-refractivity contribution in [2.24, 2.45) is 5.73 Å². The fraction of sp³-hybridized carbons (Fsp3) is 0.532. The summed E-state index contributed by atoms with van der Waals surface area (Å²) in [5.74, 6) is -1.04. The van der Waals surface area contributed by atoms with Gasteiger partial charge in [-0.1, -0.05) is 103 Å². The summed E-state index contributed by atoms with van der Waals surface area (Å²) >= 11 is 22.0. The number of primary amides is 1. The average molecular weight is 945 g/mol. The van der Waals surface area contributed by atoms with Crippen LogP contribution >= 0.6 is 46.4 Å². The number of halogens is 4. The zero-order valence-electron chi connectivity index (χ0n) is 38.3. The summed E-state index contributed by atoms with van der Waals surface area (Å²) in [6.07, 6.45) is 6.45. The number of carbonyl (C=O) groups is 4. The highest BCUT2D eigenvalue weighted by molar-refractivity contribution is 6.30. The standard InChI is InChI=1S/C17H26ClNO2.2C14H20ClNO2.C2H4ClNO/c1-4-7-11-21-13-19(16(20)12-18)17-14(5-2)9-8-10-15(17)6-3;1-4-11-7-6-8-12(5-2)14(11)16(10-18-3)13(17)9-15;1-4-12-8-6-7-11(3)14(12)16(10-18-5-2)13(17)9-15;3-1-2(4)5/h8-10H,4-7,11-13H2,1-3H3;2*6-8H,4-5,9-10H2,1-3H3;1H2,(H2,4,5). The van der Waals surface area contributed by atoms with Crippen molar-refractivity contribution in [1.29, 1.82) is 0 Å².